The lowest BCUT2D eigenvalue weighted by Crippen LogP contribution is -2.23. The van der Waals surface area contributed by atoms with Gasteiger partial charge in [0.25, 0.3) is 5.91 Å². The smallest absolute Gasteiger partial charge is 0.394 e. The lowest BCUT2D eigenvalue weighted by atomic mass is 10.1. The van der Waals surface area contributed by atoms with E-state index in [9.17, 15) is 22.8 Å². The molecule has 0 aliphatic carbocycles. The summed E-state index contributed by atoms with van der Waals surface area (Å²) in [5.74, 6) is -1.19. The second-order valence-corrected chi connectivity index (χ2v) is 9.58. The fourth-order valence-electron chi connectivity index (χ4n) is 3.76. The number of ether oxygens (including phenoxy) is 1. The van der Waals surface area contributed by atoms with E-state index in [0.717, 1.165) is 0 Å². The summed E-state index contributed by atoms with van der Waals surface area (Å²) in [4.78, 5) is 24.6. The van der Waals surface area contributed by atoms with Crippen LogP contribution in [-0.4, -0.2) is 47.9 Å². The molecule has 15 heteroatoms. The molecule has 4 aromatic rings. The van der Waals surface area contributed by atoms with E-state index in [2.05, 4.69) is 36.0 Å². The Kier molecular flexibility index (Phi) is 9.55. The van der Waals surface area contributed by atoms with Crippen molar-refractivity contribution in [3.8, 4) is 5.75 Å². The minimum Gasteiger partial charge on any atom is -0.433 e. The van der Waals surface area contributed by atoms with Gasteiger partial charge in [-0.1, -0.05) is 34.2 Å². The number of nitrogens with zero attached hydrogens (tertiary/aromatic N) is 6. The third-order valence-electron chi connectivity index (χ3n) is 5.61. The van der Waals surface area contributed by atoms with Crippen LogP contribution in [-0.2, 0) is 30.8 Å². The van der Waals surface area contributed by atoms with Crippen molar-refractivity contribution in [1.29, 1.82) is 0 Å². The molecule has 0 aliphatic rings. The molecule has 2 aromatic carbocycles. The SMILES string of the molecule is CC(F)(F)Oc1cccc(CNC(=O)c2cn(CCCCn3cc(NC(=O)Cc4cc(Cl)ccc4F)nn3)nn2)c1. The first-order chi connectivity index (χ1) is 19.5. The zero-order valence-corrected chi connectivity index (χ0v) is 22.6. The summed E-state index contributed by atoms with van der Waals surface area (Å²) < 4.78 is 47.6. The van der Waals surface area contributed by atoms with Crippen LogP contribution in [0.25, 0.3) is 0 Å². The number of carbonyl (C=O) groups is 2. The molecule has 11 nitrogen and oxygen atoms in total. The maximum Gasteiger partial charge on any atom is 0.394 e. The number of amides is 2. The highest BCUT2D eigenvalue weighted by Crippen LogP contribution is 2.22. The molecule has 0 radical (unpaired) electrons. The summed E-state index contributed by atoms with van der Waals surface area (Å²) in [6, 6.07) is 10.1. The van der Waals surface area contributed by atoms with Gasteiger partial charge in [0, 0.05) is 31.6 Å². The summed E-state index contributed by atoms with van der Waals surface area (Å²) in [6.07, 6.45) is 0.964. The molecule has 0 fully saturated rings. The van der Waals surface area contributed by atoms with Crippen LogP contribution in [0, 0.1) is 5.82 Å². The minimum absolute atomic E-state index is 0.00689. The van der Waals surface area contributed by atoms with Crippen molar-refractivity contribution in [1.82, 2.24) is 35.3 Å². The van der Waals surface area contributed by atoms with Crippen LogP contribution in [0.1, 0.15) is 41.4 Å². The van der Waals surface area contributed by atoms with Gasteiger partial charge >= 0.3 is 6.11 Å². The van der Waals surface area contributed by atoms with Gasteiger partial charge in [-0.2, -0.15) is 8.78 Å². The van der Waals surface area contributed by atoms with Gasteiger partial charge in [-0.25, -0.2) is 4.39 Å². The number of unbranched alkanes of at least 4 members (excludes halogenated alkanes) is 1. The maximum atomic E-state index is 13.8. The normalized spacial score (nSPS) is 11.3. The van der Waals surface area contributed by atoms with Crippen molar-refractivity contribution in [2.24, 2.45) is 0 Å². The highest BCUT2D eigenvalue weighted by Gasteiger charge is 2.23. The molecule has 2 N–H and O–H groups in total. The summed E-state index contributed by atoms with van der Waals surface area (Å²) in [7, 11) is 0. The standard InChI is InChI=1S/C26H26ClF3N8O3/c1-26(29,30)41-20-6-4-5-17(11-20)14-31-25(40)22-15-37(35-33-22)9-2-3-10-38-16-23(34-36-38)32-24(39)13-18-12-19(27)7-8-21(18)28/h4-8,11-12,15-16H,2-3,9-10,13-14H2,1H3,(H,31,40)(H,32,39). The number of anilines is 1. The third kappa shape index (κ3) is 9.31. The Morgan fingerprint density at radius 1 is 1.02 bits per heavy atom. The molecule has 0 saturated heterocycles. The molecule has 0 saturated carbocycles. The van der Waals surface area contributed by atoms with Crippen molar-refractivity contribution in [3.63, 3.8) is 0 Å². The molecule has 2 aromatic heterocycles. The number of halogens is 4. The monoisotopic (exact) mass is 590 g/mol. The second kappa shape index (κ2) is 13.3. The number of aromatic nitrogens is 6. The number of aryl methyl sites for hydroxylation is 2. The first-order valence-electron chi connectivity index (χ1n) is 12.5. The average Bonchev–Trinajstić information content (AvgIpc) is 3.56. The van der Waals surface area contributed by atoms with E-state index >= 15 is 0 Å². The Balaban J connectivity index is 1.17. The molecule has 0 unspecified atom stereocenters. The van der Waals surface area contributed by atoms with Crippen LogP contribution in [0.15, 0.2) is 54.9 Å². The fourth-order valence-corrected chi connectivity index (χ4v) is 3.96. The number of carbonyl (C=O) groups excluding carboxylic acids is 2. The van der Waals surface area contributed by atoms with E-state index in [1.54, 1.807) is 23.0 Å². The van der Waals surface area contributed by atoms with Crippen molar-refractivity contribution in [3.05, 3.63) is 82.5 Å². The largest absolute Gasteiger partial charge is 0.433 e. The Labute approximate surface area is 237 Å². The molecule has 4 rings (SSSR count). The molecular formula is C26H26ClF3N8O3. The van der Waals surface area contributed by atoms with Crippen LogP contribution in [0.5, 0.6) is 5.75 Å². The Morgan fingerprint density at radius 2 is 1.76 bits per heavy atom. The van der Waals surface area contributed by atoms with E-state index in [1.807, 2.05) is 0 Å². The fraction of sp³-hybridized carbons (Fsp3) is 0.308. The Hall–Kier alpha value is -4.46. The predicted octanol–water partition coefficient (Wildman–Crippen LogP) is 4.25. The number of nitrogens with one attached hydrogen (secondary N) is 2. The van der Waals surface area contributed by atoms with Gasteiger partial charge in [-0.3, -0.25) is 19.0 Å². The number of hydrogen-bond donors (Lipinski definition) is 2. The number of alkyl halides is 2. The molecule has 0 bridgehead atoms. The summed E-state index contributed by atoms with van der Waals surface area (Å²) in [6.45, 7) is 1.75. The Morgan fingerprint density at radius 3 is 2.51 bits per heavy atom. The van der Waals surface area contributed by atoms with Gasteiger partial charge in [0.05, 0.1) is 18.8 Å². The summed E-state index contributed by atoms with van der Waals surface area (Å²) in [5.41, 5.74) is 0.878. The maximum absolute atomic E-state index is 13.8. The van der Waals surface area contributed by atoms with Crippen LogP contribution in [0.4, 0.5) is 19.0 Å². The molecule has 0 spiro atoms. The van der Waals surface area contributed by atoms with E-state index < -0.39 is 23.7 Å². The minimum atomic E-state index is -3.31. The van der Waals surface area contributed by atoms with Crippen LogP contribution >= 0.6 is 11.6 Å². The van der Waals surface area contributed by atoms with E-state index in [0.29, 0.717) is 43.4 Å². The lowest BCUT2D eigenvalue weighted by molar-refractivity contribution is -0.159. The zero-order valence-electron chi connectivity index (χ0n) is 21.9. The van der Waals surface area contributed by atoms with Crippen LogP contribution in [0.3, 0.4) is 0 Å². The quantitative estimate of drug-likeness (QED) is 0.223. The molecule has 216 valence electrons. The van der Waals surface area contributed by atoms with Gasteiger partial charge in [-0.05, 0) is 54.3 Å². The van der Waals surface area contributed by atoms with Gasteiger partial charge in [0.1, 0.15) is 11.6 Å². The topological polar surface area (TPSA) is 129 Å². The molecule has 41 heavy (non-hydrogen) atoms. The van der Waals surface area contributed by atoms with E-state index in [4.69, 9.17) is 11.6 Å². The van der Waals surface area contributed by atoms with Gasteiger partial charge < -0.3 is 15.4 Å². The molecule has 0 atom stereocenters. The number of hydrogen-bond acceptors (Lipinski definition) is 7. The van der Waals surface area contributed by atoms with Crippen LogP contribution < -0.4 is 15.4 Å². The Bertz CT molecular complexity index is 1510. The van der Waals surface area contributed by atoms with Crippen molar-refractivity contribution >= 4 is 29.2 Å². The molecule has 0 aliphatic heterocycles. The zero-order chi connectivity index (χ0) is 29.4. The van der Waals surface area contributed by atoms with E-state index in [-0.39, 0.29) is 35.8 Å². The first kappa shape index (κ1) is 29.5. The van der Waals surface area contributed by atoms with Crippen molar-refractivity contribution in [2.75, 3.05) is 5.32 Å². The van der Waals surface area contributed by atoms with Crippen molar-refractivity contribution in [2.45, 2.75) is 51.9 Å². The highest BCUT2D eigenvalue weighted by molar-refractivity contribution is 6.30. The van der Waals surface area contributed by atoms with Gasteiger partial charge in [0.15, 0.2) is 11.5 Å². The molecule has 2 amide bonds. The van der Waals surface area contributed by atoms with Gasteiger partial charge in [-0.15, -0.1) is 10.2 Å². The number of rotatable bonds is 13. The van der Waals surface area contributed by atoms with Crippen LogP contribution in [0.2, 0.25) is 5.02 Å². The van der Waals surface area contributed by atoms with Crippen molar-refractivity contribution < 1.29 is 27.5 Å². The predicted molar refractivity (Wildman–Crippen MR) is 142 cm³/mol. The average molecular weight is 591 g/mol. The summed E-state index contributed by atoms with van der Waals surface area (Å²) >= 11 is 5.86. The third-order valence-corrected chi connectivity index (χ3v) is 5.84. The molecule has 2 heterocycles. The first-order valence-corrected chi connectivity index (χ1v) is 12.9. The van der Waals surface area contributed by atoms with Gasteiger partial charge in [0.2, 0.25) is 5.91 Å². The highest BCUT2D eigenvalue weighted by atomic mass is 35.5. The number of benzene rings is 2. The molecular weight excluding hydrogens is 565 g/mol. The second-order valence-electron chi connectivity index (χ2n) is 9.14. The van der Waals surface area contributed by atoms with E-state index in [1.165, 1.54) is 41.2 Å². The lowest BCUT2D eigenvalue weighted by Gasteiger charge is -2.13. The summed E-state index contributed by atoms with van der Waals surface area (Å²) in [5, 5.41) is 21.3.